The molecule has 0 bridgehead atoms. The van der Waals surface area contributed by atoms with E-state index in [1.807, 2.05) is 37.3 Å². The monoisotopic (exact) mass is 204 g/mol. The van der Waals surface area contributed by atoms with Gasteiger partial charge in [-0.15, -0.1) is 0 Å². The SMILES string of the molecule is C=NO/C(NC=O)=C(\C)c1ccccc1. The van der Waals surface area contributed by atoms with Crippen LogP contribution in [-0.4, -0.2) is 13.1 Å². The van der Waals surface area contributed by atoms with E-state index in [1.165, 1.54) is 0 Å². The first-order chi connectivity index (χ1) is 7.29. The van der Waals surface area contributed by atoms with Gasteiger partial charge < -0.3 is 4.84 Å². The summed E-state index contributed by atoms with van der Waals surface area (Å²) < 4.78 is 0. The van der Waals surface area contributed by atoms with E-state index in [4.69, 9.17) is 4.84 Å². The lowest BCUT2D eigenvalue weighted by Gasteiger charge is -2.07. The molecule has 15 heavy (non-hydrogen) atoms. The van der Waals surface area contributed by atoms with Gasteiger partial charge in [-0.3, -0.25) is 10.1 Å². The van der Waals surface area contributed by atoms with Crippen LogP contribution < -0.4 is 5.32 Å². The molecule has 1 N–H and O–H groups in total. The van der Waals surface area contributed by atoms with Crippen molar-refractivity contribution in [2.24, 2.45) is 5.16 Å². The maximum Gasteiger partial charge on any atom is 0.232 e. The summed E-state index contributed by atoms with van der Waals surface area (Å²) in [6.45, 7) is 5.02. The number of hydrogen-bond donors (Lipinski definition) is 1. The average Bonchev–Trinajstić information content (AvgIpc) is 2.29. The van der Waals surface area contributed by atoms with Crippen molar-refractivity contribution in [2.75, 3.05) is 0 Å². The molecule has 0 unspecified atom stereocenters. The summed E-state index contributed by atoms with van der Waals surface area (Å²) >= 11 is 0. The summed E-state index contributed by atoms with van der Waals surface area (Å²) in [7, 11) is 0. The van der Waals surface area contributed by atoms with E-state index >= 15 is 0 Å². The first-order valence-corrected chi connectivity index (χ1v) is 4.39. The number of carbonyl (C=O) groups is 1. The molecule has 0 aliphatic heterocycles. The maximum absolute atomic E-state index is 10.3. The third kappa shape index (κ3) is 2.95. The third-order valence-electron chi connectivity index (χ3n) is 1.89. The smallest absolute Gasteiger partial charge is 0.232 e. The highest BCUT2D eigenvalue weighted by Gasteiger charge is 2.05. The minimum Gasteiger partial charge on any atom is -0.339 e. The quantitative estimate of drug-likeness (QED) is 0.344. The van der Waals surface area contributed by atoms with E-state index in [0.717, 1.165) is 11.1 Å². The molecule has 1 aromatic rings. The van der Waals surface area contributed by atoms with Crippen molar-refractivity contribution in [3.05, 3.63) is 41.8 Å². The molecule has 0 saturated carbocycles. The number of carbonyl (C=O) groups excluding carboxylic acids is 1. The number of allylic oxidation sites excluding steroid dienone is 1. The summed E-state index contributed by atoms with van der Waals surface area (Å²) in [4.78, 5) is 15.2. The van der Waals surface area contributed by atoms with E-state index in [0.29, 0.717) is 6.41 Å². The fourth-order valence-corrected chi connectivity index (χ4v) is 1.14. The van der Waals surface area contributed by atoms with E-state index in [2.05, 4.69) is 17.2 Å². The molecule has 1 amide bonds. The van der Waals surface area contributed by atoms with Gasteiger partial charge >= 0.3 is 0 Å². The molecule has 4 nitrogen and oxygen atoms in total. The van der Waals surface area contributed by atoms with Gasteiger partial charge in [-0.1, -0.05) is 35.5 Å². The molecule has 0 spiro atoms. The van der Waals surface area contributed by atoms with Gasteiger partial charge in [0.05, 0.1) is 0 Å². The van der Waals surface area contributed by atoms with Gasteiger partial charge in [0.1, 0.15) is 0 Å². The lowest BCUT2D eigenvalue weighted by atomic mass is 10.1. The van der Waals surface area contributed by atoms with Gasteiger partial charge in [0.15, 0.2) is 0 Å². The van der Waals surface area contributed by atoms with Crippen molar-refractivity contribution in [1.82, 2.24) is 5.32 Å². The van der Waals surface area contributed by atoms with Crippen molar-refractivity contribution in [3.8, 4) is 0 Å². The predicted molar refractivity (Wildman–Crippen MR) is 58.9 cm³/mol. The largest absolute Gasteiger partial charge is 0.339 e. The number of hydrogen-bond acceptors (Lipinski definition) is 3. The minimum atomic E-state index is 0.284. The Morgan fingerprint density at radius 1 is 1.47 bits per heavy atom. The second kappa shape index (κ2) is 5.59. The maximum atomic E-state index is 10.3. The van der Waals surface area contributed by atoms with Crippen LogP contribution in [0.2, 0.25) is 0 Å². The molecule has 0 aromatic heterocycles. The molecule has 0 fully saturated rings. The number of benzene rings is 1. The van der Waals surface area contributed by atoms with Crippen LogP contribution in [-0.2, 0) is 9.63 Å². The zero-order valence-corrected chi connectivity index (χ0v) is 8.43. The molecule has 0 heterocycles. The van der Waals surface area contributed by atoms with Crippen molar-refractivity contribution in [2.45, 2.75) is 6.92 Å². The van der Waals surface area contributed by atoms with Crippen molar-refractivity contribution < 1.29 is 9.63 Å². The highest BCUT2D eigenvalue weighted by atomic mass is 16.6. The summed E-state index contributed by atoms with van der Waals surface area (Å²) in [6.07, 6.45) is 0.535. The van der Waals surface area contributed by atoms with E-state index < -0.39 is 0 Å². The van der Waals surface area contributed by atoms with Gasteiger partial charge in [0, 0.05) is 12.3 Å². The number of amides is 1. The third-order valence-corrected chi connectivity index (χ3v) is 1.89. The van der Waals surface area contributed by atoms with E-state index in [9.17, 15) is 4.79 Å². The lowest BCUT2D eigenvalue weighted by molar-refractivity contribution is -0.109. The summed E-state index contributed by atoms with van der Waals surface area (Å²) in [6, 6.07) is 9.54. The first kappa shape index (κ1) is 11.0. The number of nitrogens with zero attached hydrogens (tertiary/aromatic N) is 1. The van der Waals surface area contributed by atoms with Gasteiger partial charge in [-0.25, -0.2) is 0 Å². The molecule has 0 atom stereocenters. The highest BCUT2D eigenvalue weighted by molar-refractivity contribution is 5.68. The van der Waals surface area contributed by atoms with Crippen LogP contribution in [0.5, 0.6) is 0 Å². The first-order valence-electron chi connectivity index (χ1n) is 4.39. The molecule has 1 rings (SSSR count). The molecular weight excluding hydrogens is 192 g/mol. The highest BCUT2D eigenvalue weighted by Crippen LogP contribution is 2.16. The molecule has 1 aromatic carbocycles. The molecular formula is C11H12N2O2. The van der Waals surface area contributed by atoms with Crippen LogP contribution >= 0.6 is 0 Å². The van der Waals surface area contributed by atoms with Crippen LogP contribution in [0.15, 0.2) is 41.4 Å². The van der Waals surface area contributed by atoms with Crippen molar-refractivity contribution in [3.63, 3.8) is 0 Å². The van der Waals surface area contributed by atoms with Crippen LogP contribution in [0.25, 0.3) is 5.57 Å². The second-order valence-electron chi connectivity index (χ2n) is 2.80. The van der Waals surface area contributed by atoms with Crippen LogP contribution in [0, 0.1) is 0 Å². The Hall–Kier alpha value is -2.10. The van der Waals surface area contributed by atoms with Crippen LogP contribution in [0.1, 0.15) is 12.5 Å². The second-order valence-corrected chi connectivity index (χ2v) is 2.80. The zero-order chi connectivity index (χ0) is 11.1. The topological polar surface area (TPSA) is 50.7 Å². The van der Waals surface area contributed by atoms with Crippen molar-refractivity contribution in [1.29, 1.82) is 0 Å². The molecule has 0 aliphatic carbocycles. The summed E-state index contributed by atoms with van der Waals surface area (Å²) in [5.74, 6) is 0.284. The Bertz CT molecular complexity index is 359. The molecule has 0 saturated heterocycles. The van der Waals surface area contributed by atoms with Gasteiger partial charge in [-0.05, 0) is 12.5 Å². The van der Waals surface area contributed by atoms with Gasteiger partial charge in [-0.2, -0.15) is 0 Å². The van der Waals surface area contributed by atoms with E-state index in [1.54, 1.807) is 0 Å². The number of oxime groups is 1. The standard InChI is InChI=1S/C11H12N2O2/c1-9(10-6-4-3-5-7-10)11(13-8-14)15-12-2/h3-8H,2H2,1H3,(H,13,14)/b11-9+. The fourth-order valence-electron chi connectivity index (χ4n) is 1.14. The number of nitrogens with one attached hydrogen (secondary N) is 1. The molecule has 0 aliphatic rings. The lowest BCUT2D eigenvalue weighted by Crippen LogP contribution is -2.13. The Kier molecular flexibility index (Phi) is 4.09. The Morgan fingerprint density at radius 2 is 2.13 bits per heavy atom. The fraction of sp³-hybridized carbons (Fsp3) is 0.0909. The minimum absolute atomic E-state index is 0.284. The van der Waals surface area contributed by atoms with Crippen LogP contribution in [0.4, 0.5) is 0 Å². The Morgan fingerprint density at radius 3 is 2.67 bits per heavy atom. The average molecular weight is 204 g/mol. The zero-order valence-electron chi connectivity index (χ0n) is 8.43. The molecule has 78 valence electrons. The van der Waals surface area contributed by atoms with Gasteiger partial charge in [0.2, 0.25) is 12.3 Å². The summed E-state index contributed by atoms with van der Waals surface area (Å²) in [5.41, 5.74) is 1.74. The normalized spacial score (nSPS) is 11.3. The molecule has 4 heteroatoms. The summed E-state index contributed by atoms with van der Waals surface area (Å²) in [5, 5.41) is 5.70. The van der Waals surface area contributed by atoms with Crippen LogP contribution in [0.3, 0.4) is 0 Å². The Labute approximate surface area is 88.2 Å². The van der Waals surface area contributed by atoms with Gasteiger partial charge in [0.25, 0.3) is 0 Å². The van der Waals surface area contributed by atoms with Crippen molar-refractivity contribution >= 4 is 18.7 Å². The number of rotatable bonds is 5. The van der Waals surface area contributed by atoms with E-state index in [-0.39, 0.29) is 5.88 Å². The predicted octanol–water partition coefficient (Wildman–Crippen LogP) is 1.75. The molecule has 0 radical (unpaired) electrons. The Balaban J connectivity index is 3.03.